The largest absolute Gasteiger partial charge is 0.480 e. The number of esters is 1. The molecule has 0 spiro atoms. The van der Waals surface area contributed by atoms with E-state index in [1.165, 1.54) is 212 Å². The minimum atomic E-state index is -4.61. The van der Waals surface area contributed by atoms with Gasteiger partial charge in [0.05, 0.1) is 19.8 Å². The molecule has 0 radical (unpaired) electrons. The predicted molar refractivity (Wildman–Crippen MR) is 254 cm³/mol. The second-order valence-corrected chi connectivity index (χ2v) is 19.5. The first kappa shape index (κ1) is 60.0. The first-order valence-electron chi connectivity index (χ1n) is 26.1. The van der Waals surface area contributed by atoms with Crippen LogP contribution in [0.25, 0.3) is 0 Å². The van der Waals surface area contributed by atoms with Gasteiger partial charge in [-0.25, -0.2) is 4.57 Å². The molecular weight excluding hydrogens is 790 g/mol. The summed E-state index contributed by atoms with van der Waals surface area (Å²) in [6, 6.07) is -1.47. The second kappa shape index (κ2) is 46.9. The van der Waals surface area contributed by atoms with Gasteiger partial charge >= 0.3 is 19.8 Å². The number of phosphoric ester groups is 1. The van der Waals surface area contributed by atoms with Gasteiger partial charge in [-0.05, 0) is 12.8 Å². The van der Waals surface area contributed by atoms with Crippen LogP contribution in [-0.2, 0) is 32.7 Å². The average molecular weight is 890 g/mol. The van der Waals surface area contributed by atoms with Gasteiger partial charge < -0.3 is 25.2 Å². The van der Waals surface area contributed by atoms with Gasteiger partial charge in [-0.15, -0.1) is 0 Å². The maximum atomic E-state index is 12.7. The van der Waals surface area contributed by atoms with Gasteiger partial charge in [0, 0.05) is 13.0 Å². The zero-order chi connectivity index (χ0) is 44.8. The minimum absolute atomic E-state index is 0.0265. The van der Waals surface area contributed by atoms with Crippen LogP contribution < -0.4 is 5.73 Å². The van der Waals surface area contributed by atoms with Crippen molar-refractivity contribution >= 4 is 19.8 Å². The number of carboxylic acid groups (broad SMARTS) is 1. The second-order valence-electron chi connectivity index (χ2n) is 18.0. The van der Waals surface area contributed by atoms with Crippen LogP contribution in [0.5, 0.6) is 0 Å². The predicted octanol–water partition coefficient (Wildman–Crippen LogP) is 15.1. The number of aliphatic carboxylic acids is 1. The molecule has 0 bridgehead atoms. The number of carbonyl (C=O) groups is 2. The summed E-state index contributed by atoms with van der Waals surface area (Å²) >= 11 is 0. The van der Waals surface area contributed by atoms with Crippen molar-refractivity contribution in [3.8, 4) is 0 Å². The quantitative estimate of drug-likeness (QED) is 0.0305. The highest BCUT2D eigenvalue weighted by atomic mass is 31.2. The van der Waals surface area contributed by atoms with E-state index in [0.29, 0.717) is 6.61 Å². The number of nitrogens with two attached hydrogens (primary N) is 1. The van der Waals surface area contributed by atoms with Crippen molar-refractivity contribution in [1.29, 1.82) is 0 Å². The lowest BCUT2D eigenvalue weighted by Gasteiger charge is -2.20. The zero-order valence-corrected chi connectivity index (χ0v) is 40.9. The normalized spacial score (nSPS) is 13.6. The van der Waals surface area contributed by atoms with E-state index in [4.69, 9.17) is 29.4 Å². The highest BCUT2D eigenvalue weighted by Crippen LogP contribution is 2.43. The van der Waals surface area contributed by atoms with Crippen molar-refractivity contribution < 1.29 is 42.7 Å². The van der Waals surface area contributed by atoms with Crippen LogP contribution in [0, 0.1) is 0 Å². The van der Waals surface area contributed by atoms with Crippen molar-refractivity contribution in [2.45, 2.75) is 283 Å². The summed E-state index contributed by atoms with van der Waals surface area (Å²) < 4.78 is 33.5. The molecular formula is C50H100NO9P. The Morgan fingerprint density at radius 1 is 0.459 bits per heavy atom. The molecule has 0 saturated heterocycles. The summed E-state index contributed by atoms with van der Waals surface area (Å²) in [4.78, 5) is 33.7. The van der Waals surface area contributed by atoms with Crippen molar-refractivity contribution in [1.82, 2.24) is 0 Å². The smallest absolute Gasteiger partial charge is 0.472 e. The molecule has 0 aromatic rings. The highest BCUT2D eigenvalue weighted by Gasteiger charge is 2.27. The van der Waals surface area contributed by atoms with Gasteiger partial charge in [-0.1, -0.05) is 251 Å². The molecule has 0 aliphatic rings. The van der Waals surface area contributed by atoms with Gasteiger partial charge in [0.25, 0.3) is 0 Å². The van der Waals surface area contributed by atoms with Crippen LogP contribution in [-0.4, -0.2) is 60.5 Å². The summed E-state index contributed by atoms with van der Waals surface area (Å²) in [7, 11) is -4.61. The topological polar surface area (TPSA) is 155 Å². The highest BCUT2D eigenvalue weighted by molar-refractivity contribution is 7.47. The lowest BCUT2D eigenvalue weighted by molar-refractivity contribution is -0.154. The number of unbranched alkanes of at least 4 members (excludes halogenated alkanes) is 37. The molecule has 0 rings (SSSR count). The average Bonchev–Trinajstić information content (AvgIpc) is 3.24. The third-order valence-electron chi connectivity index (χ3n) is 11.9. The molecule has 0 amide bonds. The molecule has 4 N–H and O–H groups in total. The van der Waals surface area contributed by atoms with E-state index in [1.54, 1.807) is 0 Å². The van der Waals surface area contributed by atoms with Crippen molar-refractivity contribution in [3.63, 3.8) is 0 Å². The summed E-state index contributed by atoms with van der Waals surface area (Å²) in [5, 5.41) is 8.93. The fourth-order valence-corrected chi connectivity index (χ4v) is 8.62. The Hall–Kier alpha value is -1.03. The monoisotopic (exact) mass is 890 g/mol. The van der Waals surface area contributed by atoms with Crippen LogP contribution >= 0.6 is 7.82 Å². The van der Waals surface area contributed by atoms with E-state index in [9.17, 15) is 19.0 Å². The molecule has 3 atom stereocenters. The minimum Gasteiger partial charge on any atom is -0.480 e. The van der Waals surface area contributed by atoms with Gasteiger partial charge in [0.1, 0.15) is 12.1 Å². The molecule has 364 valence electrons. The van der Waals surface area contributed by atoms with Gasteiger partial charge in [0.2, 0.25) is 0 Å². The third kappa shape index (κ3) is 46.8. The van der Waals surface area contributed by atoms with E-state index in [2.05, 4.69) is 13.8 Å². The SMILES string of the molecule is CCCCCCCCCCCCCCCCCCCCCCOC[C@H](COP(=O)(O)OC[C@H](N)C(=O)O)OC(=O)CCCCCCCCCCCCCCCCCCCCC. The maximum Gasteiger partial charge on any atom is 0.472 e. The summed E-state index contributed by atoms with van der Waals surface area (Å²) in [6.07, 6.45) is 50.2. The number of ether oxygens (including phenoxy) is 2. The Morgan fingerprint density at radius 3 is 1.08 bits per heavy atom. The van der Waals surface area contributed by atoms with Crippen LogP contribution in [0.1, 0.15) is 271 Å². The molecule has 0 aliphatic carbocycles. The number of rotatable bonds is 51. The van der Waals surface area contributed by atoms with Crippen molar-refractivity contribution in [2.24, 2.45) is 5.73 Å². The zero-order valence-electron chi connectivity index (χ0n) is 40.0. The molecule has 0 fully saturated rings. The van der Waals surface area contributed by atoms with Crippen LogP contribution in [0.15, 0.2) is 0 Å². The summed E-state index contributed by atoms with van der Waals surface area (Å²) in [5.74, 6) is -1.76. The number of carboxylic acids is 1. The van der Waals surface area contributed by atoms with Gasteiger partial charge in [0.15, 0.2) is 0 Å². The molecule has 0 aliphatic heterocycles. The van der Waals surface area contributed by atoms with E-state index < -0.39 is 45.1 Å². The molecule has 11 heteroatoms. The molecule has 0 aromatic heterocycles. The van der Waals surface area contributed by atoms with Crippen LogP contribution in [0.4, 0.5) is 0 Å². The number of hydrogen-bond donors (Lipinski definition) is 3. The van der Waals surface area contributed by atoms with E-state index in [-0.39, 0.29) is 13.0 Å². The third-order valence-corrected chi connectivity index (χ3v) is 12.8. The molecule has 1 unspecified atom stereocenters. The number of hydrogen-bond acceptors (Lipinski definition) is 8. The number of carbonyl (C=O) groups excluding carboxylic acids is 1. The summed E-state index contributed by atoms with van der Waals surface area (Å²) in [6.45, 7) is 3.96. The van der Waals surface area contributed by atoms with E-state index in [1.807, 2.05) is 0 Å². The van der Waals surface area contributed by atoms with Crippen LogP contribution in [0.3, 0.4) is 0 Å². The van der Waals surface area contributed by atoms with Gasteiger partial charge in [-0.3, -0.25) is 18.6 Å². The molecule has 0 aromatic carbocycles. The fraction of sp³-hybridized carbons (Fsp3) is 0.960. The van der Waals surface area contributed by atoms with E-state index >= 15 is 0 Å². The lowest BCUT2D eigenvalue weighted by atomic mass is 10.0. The Kier molecular flexibility index (Phi) is 46.2. The molecule has 10 nitrogen and oxygen atoms in total. The Bertz CT molecular complexity index is 987. The first-order chi connectivity index (χ1) is 29.7. The number of phosphoric acid groups is 1. The maximum absolute atomic E-state index is 12.7. The first-order valence-corrected chi connectivity index (χ1v) is 27.6. The molecule has 0 heterocycles. The Labute approximate surface area is 376 Å². The Morgan fingerprint density at radius 2 is 0.754 bits per heavy atom. The van der Waals surface area contributed by atoms with Gasteiger partial charge in [-0.2, -0.15) is 0 Å². The summed E-state index contributed by atoms with van der Waals surface area (Å²) in [5.41, 5.74) is 5.38. The van der Waals surface area contributed by atoms with Crippen LogP contribution in [0.2, 0.25) is 0 Å². The molecule has 61 heavy (non-hydrogen) atoms. The lowest BCUT2D eigenvalue weighted by Crippen LogP contribution is -2.34. The van der Waals surface area contributed by atoms with Crippen molar-refractivity contribution in [3.05, 3.63) is 0 Å². The van der Waals surface area contributed by atoms with Crippen molar-refractivity contribution in [2.75, 3.05) is 26.4 Å². The Balaban J connectivity index is 4.07. The molecule has 0 saturated carbocycles. The van der Waals surface area contributed by atoms with E-state index in [0.717, 1.165) is 38.5 Å². The standard InChI is InChI=1S/C50H100NO9P/c1-3-5-7-9-11-13-15-17-19-21-23-25-27-29-31-33-35-37-39-41-43-57-44-47(45-58-61(55,56)59-46-48(51)50(53)54)60-49(52)42-40-38-36-34-32-30-28-26-24-22-20-18-16-14-12-10-8-6-4-2/h47-48H,3-46,51H2,1-2H3,(H,53,54)(H,55,56)/t47-,48+/m1/s1. The fourth-order valence-electron chi connectivity index (χ4n) is 7.84.